The number of rotatable bonds is 6. The fourth-order valence-electron chi connectivity index (χ4n) is 1.83. The first-order valence-corrected chi connectivity index (χ1v) is 6.40. The molecule has 5 nitrogen and oxygen atoms in total. The molecular weight excluding hydrogens is 256 g/mol. The monoisotopic (exact) mass is 274 g/mol. The lowest BCUT2D eigenvalue weighted by Crippen LogP contribution is -2.30. The van der Waals surface area contributed by atoms with E-state index in [1.54, 1.807) is 25.5 Å². The summed E-state index contributed by atoms with van der Waals surface area (Å²) in [6.07, 6.45) is 1.61. The van der Waals surface area contributed by atoms with E-state index < -0.39 is 0 Å². The van der Waals surface area contributed by atoms with Crippen molar-refractivity contribution in [2.24, 2.45) is 0 Å². The molecule has 1 aromatic carbocycles. The number of benzene rings is 1. The molecule has 0 aliphatic heterocycles. The summed E-state index contributed by atoms with van der Waals surface area (Å²) in [5, 5.41) is 5.90. The van der Waals surface area contributed by atoms with Gasteiger partial charge in [-0.2, -0.15) is 0 Å². The van der Waals surface area contributed by atoms with Gasteiger partial charge in [-0.1, -0.05) is 12.1 Å². The number of anilines is 1. The second kappa shape index (κ2) is 6.77. The molecular formula is C15H18N2O3. The first-order valence-electron chi connectivity index (χ1n) is 6.40. The van der Waals surface area contributed by atoms with Gasteiger partial charge in [0.05, 0.1) is 31.6 Å². The van der Waals surface area contributed by atoms with Gasteiger partial charge in [-0.3, -0.25) is 10.1 Å². The summed E-state index contributed by atoms with van der Waals surface area (Å²) < 4.78 is 10.4. The Balaban J connectivity index is 1.86. The van der Waals surface area contributed by atoms with Crippen LogP contribution in [0.3, 0.4) is 0 Å². The van der Waals surface area contributed by atoms with Crippen molar-refractivity contribution in [2.75, 3.05) is 19.0 Å². The number of hydrogen-bond acceptors (Lipinski definition) is 4. The Labute approximate surface area is 117 Å². The second-order valence-electron chi connectivity index (χ2n) is 4.37. The van der Waals surface area contributed by atoms with Crippen molar-refractivity contribution >= 4 is 11.6 Å². The van der Waals surface area contributed by atoms with Crippen molar-refractivity contribution in [1.29, 1.82) is 0 Å². The molecule has 0 saturated heterocycles. The number of para-hydroxylation sites is 2. The fraction of sp³-hybridized carbons (Fsp3) is 0.267. The smallest absolute Gasteiger partial charge is 0.238 e. The number of nitrogens with one attached hydrogen (secondary N) is 2. The molecule has 0 bridgehead atoms. The van der Waals surface area contributed by atoms with Crippen LogP contribution in [0.5, 0.6) is 5.75 Å². The van der Waals surface area contributed by atoms with Crippen molar-refractivity contribution in [1.82, 2.24) is 5.32 Å². The van der Waals surface area contributed by atoms with Crippen molar-refractivity contribution in [3.63, 3.8) is 0 Å². The SMILES string of the molecule is COc1ccccc1NC(=O)CN[C@H](C)c1ccco1. The lowest BCUT2D eigenvalue weighted by molar-refractivity contribution is -0.115. The number of hydrogen-bond donors (Lipinski definition) is 2. The Kier molecular flexibility index (Phi) is 4.79. The maximum atomic E-state index is 11.9. The second-order valence-corrected chi connectivity index (χ2v) is 4.37. The Hall–Kier alpha value is -2.27. The minimum atomic E-state index is -0.132. The highest BCUT2D eigenvalue weighted by molar-refractivity contribution is 5.93. The van der Waals surface area contributed by atoms with Gasteiger partial charge in [-0.15, -0.1) is 0 Å². The highest BCUT2D eigenvalue weighted by atomic mass is 16.5. The molecule has 0 aliphatic carbocycles. The molecule has 20 heavy (non-hydrogen) atoms. The average Bonchev–Trinajstić information content (AvgIpc) is 2.99. The number of ether oxygens (including phenoxy) is 1. The minimum Gasteiger partial charge on any atom is -0.495 e. The van der Waals surface area contributed by atoms with Crippen LogP contribution in [0.15, 0.2) is 47.1 Å². The van der Waals surface area contributed by atoms with E-state index in [1.807, 2.05) is 31.2 Å². The van der Waals surface area contributed by atoms with E-state index in [0.29, 0.717) is 11.4 Å². The van der Waals surface area contributed by atoms with Crippen LogP contribution < -0.4 is 15.4 Å². The van der Waals surface area contributed by atoms with Gasteiger partial charge in [-0.25, -0.2) is 0 Å². The van der Waals surface area contributed by atoms with Crippen molar-refractivity contribution < 1.29 is 13.9 Å². The lowest BCUT2D eigenvalue weighted by Gasteiger charge is -2.13. The van der Waals surface area contributed by atoms with E-state index >= 15 is 0 Å². The summed E-state index contributed by atoms with van der Waals surface area (Å²) in [6, 6.07) is 11.0. The molecule has 106 valence electrons. The number of furan rings is 1. The number of carbonyl (C=O) groups is 1. The van der Waals surface area contributed by atoms with Gasteiger partial charge in [0.25, 0.3) is 0 Å². The van der Waals surface area contributed by atoms with Crippen LogP contribution in [0, 0.1) is 0 Å². The summed E-state index contributed by atoms with van der Waals surface area (Å²) >= 11 is 0. The molecule has 0 saturated carbocycles. The standard InChI is InChI=1S/C15H18N2O3/c1-11(13-8-5-9-20-13)16-10-15(18)17-12-6-3-4-7-14(12)19-2/h3-9,11,16H,10H2,1-2H3,(H,17,18)/t11-/m1/s1. The van der Waals surface area contributed by atoms with Gasteiger partial charge in [0.15, 0.2) is 0 Å². The summed E-state index contributed by atoms with van der Waals surface area (Å²) in [7, 11) is 1.57. The Morgan fingerprint density at radius 3 is 2.80 bits per heavy atom. The molecule has 0 unspecified atom stereocenters. The molecule has 0 spiro atoms. The zero-order chi connectivity index (χ0) is 14.4. The van der Waals surface area contributed by atoms with Gasteiger partial charge in [0.2, 0.25) is 5.91 Å². The van der Waals surface area contributed by atoms with E-state index in [4.69, 9.17) is 9.15 Å². The van der Waals surface area contributed by atoms with Crippen molar-refractivity contribution in [3.8, 4) is 5.75 Å². The molecule has 2 aromatic rings. The summed E-state index contributed by atoms with van der Waals surface area (Å²) in [4.78, 5) is 11.9. The first-order chi connectivity index (χ1) is 9.70. The van der Waals surface area contributed by atoms with Crippen LogP contribution in [0.1, 0.15) is 18.7 Å². The maximum Gasteiger partial charge on any atom is 0.238 e. The van der Waals surface area contributed by atoms with E-state index in [-0.39, 0.29) is 18.5 Å². The predicted octanol–water partition coefficient (Wildman–Crippen LogP) is 2.58. The Bertz CT molecular complexity index is 552. The molecule has 1 atom stereocenters. The quantitative estimate of drug-likeness (QED) is 0.849. The molecule has 1 aromatic heterocycles. The van der Waals surface area contributed by atoms with Crippen LogP contribution in [-0.2, 0) is 4.79 Å². The molecule has 0 aliphatic rings. The van der Waals surface area contributed by atoms with Gasteiger partial charge in [0, 0.05) is 0 Å². The van der Waals surface area contributed by atoms with Crippen molar-refractivity contribution in [2.45, 2.75) is 13.0 Å². The zero-order valence-corrected chi connectivity index (χ0v) is 11.6. The summed E-state index contributed by atoms with van der Waals surface area (Å²) in [6.45, 7) is 2.13. The van der Waals surface area contributed by atoms with Crippen LogP contribution in [-0.4, -0.2) is 19.6 Å². The third-order valence-electron chi connectivity index (χ3n) is 2.92. The number of amides is 1. The van der Waals surface area contributed by atoms with Gasteiger partial charge >= 0.3 is 0 Å². The number of methoxy groups -OCH3 is 1. The molecule has 2 N–H and O–H groups in total. The van der Waals surface area contributed by atoms with Crippen LogP contribution in [0.2, 0.25) is 0 Å². The molecule has 2 rings (SSSR count). The normalized spacial score (nSPS) is 11.9. The third-order valence-corrected chi connectivity index (χ3v) is 2.92. The van der Waals surface area contributed by atoms with E-state index in [2.05, 4.69) is 10.6 Å². The molecule has 5 heteroatoms. The van der Waals surface area contributed by atoms with E-state index in [1.165, 1.54) is 0 Å². The summed E-state index contributed by atoms with van der Waals surface area (Å²) in [5.74, 6) is 1.31. The van der Waals surface area contributed by atoms with E-state index in [9.17, 15) is 4.79 Å². The highest BCUT2D eigenvalue weighted by Gasteiger charge is 2.11. The van der Waals surface area contributed by atoms with Gasteiger partial charge in [0.1, 0.15) is 11.5 Å². The lowest BCUT2D eigenvalue weighted by atomic mass is 10.2. The Morgan fingerprint density at radius 2 is 2.10 bits per heavy atom. The average molecular weight is 274 g/mol. The summed E-state index contributed by atoms with van der Waals surface area (Å²) in [5.41, 5.74) is 0.660. The highest BCUT2D eigenvalue weighted by Crippen LogP contribution is 2.22. The minimum absolute atomic E-state index is 0.0200. The molecule has 0 radical (unpaired) electrons. The molecule has 0 fully saturated rings. The van der Waals surface area contributed by atoms with Crippen LogP contribution in [0.25, 0.3) is 0 Å². The fourth-order valence-corrected chi connectivity index (χ4v) is 1.83. The predicted molar refractivity (Wildman–Crippen MR) is 76.7 cm³/mol. The Morgan fingerprint density at radius 1 is 1.30 bits per heavy atom. The maximum absolute atomic E-state index is 11.9. The van der Waals surface area contributed by atoms with Crippen LogP contribution >= 0.6 is 0 Å². The number of carbonyl (C=O) groups excluding carboxylic acids is 1. The largest absolute Gasteiger partial charge is 0.495 e. The van der Waals surface area contributed by atoms with Crippen LogP contribution in [0.4, 0.5) is 5.69 Å². The third kappa shape index (κ3) is 3.61. The topological polar surface area (TPSA) is 63.5 Å². The molecule has 1 heterocycles. The molecule has 1 amide bonds. The van der Waals surface area contributed by atoms with Gasteiger partial charge in [-0.05, 0) is 31.2 Å². The van der Waals surface area contributed by atoms with Gasteiger partial charge < -0.3 is 14.5 Å². The van der Waals surface area contributed by atoms with E-state index in [0.717, 1.165) is 5.76 Å². The zero-order valence-electron chi connectivity index (χ0n) is 11.6. The van der Waals surface area contributed by atoms with Crippen molar-refractivity contribution in [3.05, 3.63) is 48.4 Å². The first kappa shape index (κ1) is 14.1.